The molecular formula is C21H21F2N3O3. The third-order valence-electron chi connectivity index (χ3n) is 5.71. The molecule has 0 spiro atoms. The summed E-state index contributed by atoms with van der Waals surface area (Å²) in [4.78, 5) is 26.8. The van der Waals surface area contributed by atoms with Gasteiger partial charge in [0, 0.05) is 37.5 Å². The van der Waals surface area contributed by atoms with Crippen LogP contribution in [0.25, 0.3) is 0 Å². The number of hydrogen-bond acceptors (Lipinski definition) is 4. The zero-order valence-corrected chi connectivity index (χ0v) is 15.7. The number of carbonyl (C=O) groups excluding carboxylic acids is 1. The van der Waals surface area contributed by atoms with Gasteiger partial charge < -0.3 is 4.90 Å². The van der Waals surface area contributed by atoms with E-state index in [1.165, 1.54) is 24.3 Å². The number of piperazine rings is 1. The van der Waals surface area contributed by atoms with Gasteiger partial charge in [0.15, 0.2) is 0 Å². The van der Waals surface area contributed by atoms with Crippen LogP contribution in [0.15, 0.2) is 48.5 Å². The second-order valence-corrected chi connectivity index (χ2v) is 7.56. The van der Waals surface area contributed by atoms with Gasteiger partial charge in [0.25, 0.3) is 0 Å². The van der Waals surface area contributed by atoms with Crippen LogP contribution in [-0.4, -0.2) is 52.9 Å². The molecule has 0 radical (unpaired) electrons. The number of nitrogens with zero attached hydrogens (tertiary/aromatic N) is 3. The normalized spacial score (nSPS) is 22.0. The Morgan fingerprint density at radius 3 is 1.83 bits per heavy atom. The smallest absolute Gasteiger partial charge is 0.232 e. The molecule has 152 valence electrons. The van der Waals surface area contributed by atoms with Gasteiger partial charge in [-0.3, -0.25) is 19.8 Å². The van der Waals surface area contributed by atoms with Gasteiger partial charge in [-0.2, -0.15) is 0 Å². The summed E-state index contributed by atoms with van der Waals surface area (Å²) >= 11 is 0. The molecule has 6 nitrogen and oxygen atoms in total. The molecular weight excluding hydrogens is 380 g/mol. The Labute approximate surface area is 166 Å². The van der Waals surface area contributed by atoms with E-state index in [4.69, 9.17) is 0 Å². The average molecular weight is 401 g/mol. The Morgan fingerprint density at radius 1 is 0.931 bits per heavy atom. The van der Waals surface area contributed by atoms with Crippen LogP contribution in [0.4, 0.5) is 8.78 Å². The van der Waals surface area contributed by atoms with Crippen molar-refractivity contribution in [2.45, 2.75) is 18.5 Å². The third-order valence-corrected chi connectivity index (χ3v) is 5.71. The highest BCUT2D eigenvalue weighted by molar-refractivity contribution is 5.82. The first-order chi connectivity index (χ1) is 13.9. The van der Waals surface area contributed by atoms with E-state index in [-0.39, 0.29) is 28.5 Å². The molecule has 1 aliphatic carbocycles. The Hall–Kier alpha value is -2.87. The minimum atomic E-state index is -0.744. The van der Waals surface area contributed by atoms with Crippen molar-refractivity contribution in [1.82, 2.24) is 9.80 Å². The molecule has 1 amide bonds. The van der Waals surface area contributed by atoms with E-state index in [0.717, 1.165) is 11.1 Å². The second kappa shape index (κ2) is 7.87. The third kappa shape index (κ3) is 4.12. The lowest BCUT2D eigenvalue weighted by molar-refractivity contribution is -0.497. The maximum absolute atomic E-state index is 13.4. The molecule has 2 aromatic carbocycles. The molecule has 4 rings (SSSR count). The van der Waals surface area contributed by atoms with Gasteiger partial charge in [-0.25, -0.2) is 8.78 Å². The molecule has 29 heavy (non-hydrogen) atoms. The van der Waals surface area contributed by atoms with Crippen LogP contribution in [-0.2, 0) is 4.79 Å². The lowest BCUT2D eigenvalue weighted by Crippen LogP contribution is -2.50. The average Bonchev–Trinajstić information content (AvgIpc) is 3.52. The first-order valence-electron chi connectivity index (χ1n) is 9.61. The largest absolute Gasteiger partial charge is 0.340 e. The summed E-state index contributed by atoms with van der Waals surface area (Å²) in [5, 5.41) is 10.8. The maximum Gasteiger partial charge on any atom is 0.232 e. The summed E-state index contributed by atoms with van der Waals surface area (Å²) in [5.74, 6) is -1.30. The van der Waals surface area contributed by atoms with Gasteiger partial charge in [0.1, 0.15) is 17.6 Å². The number of benzene rings is 2. The SMILES string of the molecule is O=C([C@@H]1C[C@@H]1[N+](=O)[O-])N1CCN(C(c2ccc(F)cc2)c2ccc(F)cc2)CC1. The monoisotopic (exact) mass is 401 g/mol. The maximum atomic E-state index is 13.4. The van der Waals surface area contributed by atoms with Crippen LogP contribution >= 0.6 is 0 Å². The van der Waals surface area contributed by atoms with Crippen LogP contribution in [0, 0.1) is 27.7 Å². The summed E-state index contributed by atoms with van der Waals surface area (Å²) in [5.41, 5.74) is 1.77. The van der Waals surface area contributed by atoms with Crippen molar-refractivity contribution in [1.29, 1.82) is 0 Å². The molecule has 2 atom stereocenters. The summed E-state index contributed by atoms with van der Waals surface area (Å²) in [6.07, 6.45) is 0.319. The summed E-state index contributed by atoms with van der Waals surface area (Å²) in [6, 6.07) is 11.5. The molecule has 1 saturated heterocycles. The van der Waals surface area contributed by atoms with Crippen molar-refractivity contribution in [3.8, 4) is 0 Å². The number of carbonyl (C=O) groups is 1. The zero-order chi connectivity index (χ0) is 20.5. The predicted molar refractivity (Wildman–Crippen MR) is 102 cm³/mol. The van der Waals surface area contributed by atoms with Crippen molar-refractivity contribution in [2.24, 2.45) is 5.92 Å². The quantitative estimate of drug-likeness (QED) is 0.571. The van der Waals surface area contributed by atoms with Gasteiger partial charge in [-0.05, 0) is 35.4 Å². The highest BCUT2D eigenvalue weighted by Crippen LogP contribution is 2.36. The van der Waals surface area contributed by atoms with Gasteiger partial charge in [0.05, 0.1) is 6.04 Å². The number of rotatable bonds is 5. The highest BCUT2D eigenvalue weighted by atomic mass is 19.1. The molecule has 2 aliphatic rings. The zero-order valence-electron chi connectivity index (χ0n) is 15.7. The van der Waals surface area contributed by atoms with Crippen LogP contribution in [0.3, 0.4) is 0 Å². The Kier molecular flexibility index (Phi) is 5.27. The fourth-order valence-electron chi connectivity index (χ4n) is 4.02. The molecule has 0 unspecified atom stereocenters. The number of halogens is 2. The number of nitro groups is 1. The second-order valence-electron chi connectivity index (χ2n) is 7.56. The van der Waals surface area contributed by atoms with E-state index in [1.54, 1.807) is 29.2 Å². The lowest BCUT2D eigenvalue weighted by Gasteiger charge is -2.39. The van der Waals surface area contributed by atoms with E-state index >= 15 is 0 Å². The fourth-order valence-corrected chi connectivity index (χ4v) is 4.02. The van der Waals surface area contributed by atoms with Gasteiger partial charge in [0.2, 0.25) is 11.9 Å². The molecule has 0 aromatic heterocycles. The van der Waals surface area contributed by atoms with E-state index in [0.29, 0.717) is 32.6 Å². The van der Waals surface area contributed by atoms with E-state index < -0.39 is 12.0 Å². The van der Waals surface area contributed by atoms with Gasteiger partial charge in [-0.1, -0.05) is 24.3 Å². The van der Waals surface area contributed by atoms with E-state index in [1.807, 2.05) is 0 Å². The summed E-state index contributed by atoms with van der Waals surface area (Å²) in [7, 11) is 0. The fraction of sp³-hybridized carbons (Fsp3) is 0.381. The molecule has 8 heteroatoms. The first-order valence-corrected chi connectivity index (χ1v) is 9.61. The van der Waals surface area contributed by atoms with Gasteiger partial charge >= 0.3 is 0 Å². The Balaban J connectivity index is 1.49. The van der Waals surface area contributed by atoms with E-state index in [2.05, 4.69) is 4.90 Å². The number of hydrogen-bond donors (Lipinski definition) is 0. The Morgan fingerprint density at radius 2 is 1.41 bits per heavy atom. The molecule has 1 heterocycles. The van der Waals surface area contributed by atoms with E-state index in [9.17, 15) is 23.7 Å². The van der Waals surface area contributed by atoms with Crippen LogP contribution in [0.1, 0.15) is 23.6 Å². The topological polar surface area (TPSA) is 66.7 Å². The van der Waals surface area contributed by atoms with Crippen molar-refractivity contribution in [2.75, 3.05) is 26.2 Å². The predicted octanol–water partition coefficient (Wildman–Crippen LogP) is 2.86. The molecule has 0 bridgehead atoms. The van der Waals surface area contributed by atoms with Crippen LogP contribution < -0.4 is 0 Å². The summed E-state index contributed by atoms with van der Waals surface area (Å²) in [6.45, 7) is 2.08. The molecule has 0 N–H and O–H groups in total. The van der Waals surface area contributed by atoms with Crippen molar-refractivity contribution < 1.29 is 18.5 Å². The van der Waals surface area contributed by atoms with Crippen molar-refractivity contribution >= 4 is 5.91 Å². The van der Waals surface area contributed by atoms with Crippen molar-refractivity contribution in [3.05, 3.63) is 81.4 Å². The molecule has 2 fully saturated rings. The Bertz CT molecular complexity index is 851. The van der Waals surface area contributed by atoms with Crippen LogP contribution in [0.5, 0.6) is 0 Å². The standard InChI is InChI=1S/C21H21F2N3O3/c22-16-5-1-14(2-6-16)20(15-3-7-17(23)8-4-15)24-9-11-25(12-10-24)21(27)18-13-19(18)26(28)29/h1-8,18-20H,9-13H2/t18-,19+/m1/s1. The van der Waals surface area contributed by atoms with Crippen molar-refractivity contribution in [3.63, 3.8) is 0 Å². The lowest BCUT2D eigenvalue weighted by atomic mass is 9.96. The molecule has 2 aromatic rings. The minimum Gasteiger partial charge on any atom is -0.340 e. The summed E-state index contributed by atoms with van der Waals surface area (Å²) < 4.78 is 26.8. The number of amides is 1. The molecule has 1 saturated carbocycles. The van der Waals surface area contributed by atoms with Gasteiger partial charge in [-0.15, -0.1) is 0 Å². The molecule has 1 aliphatic heterocycles. The first kappa shape index (κ1) is 19.4. The minimum absolute atomic E-state index is 0.147. The van der Waals surface area contributed by atoms with Crippen LogP contribution in [0.2, 0.25) is 0 Å². The highest BCUT2D eigenvalue weighted by Gasteiger charge is 2.54.